The topological polar surface area (TPSA) is 82.8 Å². The third-order valence-electron chi connectivity index (χ3n) is 3.14. The van der Waals surface area contributed by atoms with E-state index in [0.717, 1.165) is 5.56 Å². The maximum Gasteiger partial charge on any atom is 0.248 e. The number of halogens is 1. The molecule has 1 aromatic carbocycles. The van der Waals surface area contributed by atoms with Crippen LogP contribution in [0, 0.1) is 5.82 Å². The van der Waals surface area contributed by atoms with Crippen LogP contribution in [0.25, 0.3) is 0 Å². The molecular weight excluding hydrogens is 273 g/mol. The van der Waals surface area contributed by atoms with Gasteiger partial charge >= 0.3 is 0 Å². The van der Waals surface area contributed by atoms with Crippen molar-refractivity contribution in [1.82, 2.24) is 19.9 Å². The summed E-state index contributed by atoms with van der Waals surface area (Å²) < 4.78 is 20.4. The van der Waals surface area contributed by atoms with E-state index < -0.39 is 6.04 Å². The molecule has 108 valence electrons. The van der Waals surface area contributed by atoms with Gasteiger partial charge in [0.05, 0.1) is 6.20 Å². The molecule has 6 nitrogen and oxygen atoms in total. The van der Waals surface area contributed by atoms with Gasteiger partial charge in [0.15, 0.2) is 5.82 Å². The fourth-order valence-corrected chi connectivity index (χ4v) is 2.02. The largest absolute Gasteiger partial charge is 0.337 e. The summed E-state index contributed by atoms with van der Waals surface area (Å²) in [5.74, 6) is 0.393. The molecule has 1 atom stereocenters. The quantitative estimate of drug-likeness (QED) is 0.787. The van der Waals surface area contributed by atoms with Gasteiger partial charge in [0.25, 0.3) is 0 Å². The minimum Gasteiger partial charge on any atom is -0.337 e. The first-order valence-electron chi connectivity index (χ1n) is 6.43. The highest BCUT2D eigenvalue weighted by molar-refractivity contribution is 5.22. The van der Waals surface area contributed by atoms with E-state index in [1.807, 2.05) is 0 Å². The lowest BCUT2D eigenvalue weighted by Gasteiger charge is -2.01. The van der Waals surface area contributed by atoms with Crippen LogP contribution in [0.2, 0.25) is 0 Å². The molecule has 2 aromatic heterocycles. The lowest BCUT2D eigenvalue weighted by atomic mass is 10.1. The molecule has 7 heteroatoms. The zero-order valence-electron chi connectivity index (χ0n) is 11.4. The van der Waals surface area contributed by atoms with E-state index >= 15 is 0 Å². The summed E-state index contributed by atoms with van der Waals surface area (Å²) in [5.41, 5.74) is 7.33. The number of hydrogen-bond donors (Lipinski definition) is 1. The minimum atomic E-state index is -0.541. The number of nitrogens with two attached hydrogens (primary N) is 1. The molecule has 2 N–H and O–H groups in total. The fraction of sp³-hybridized carbons (Fsp3) is 0.214. The Hall–Kier alpha value is -2.54. The molecular formula is C14H14FN5O. The van der Waals surface area contributed by atoms with E-state index in [0.29, 0.717) is 11.4 Å². The van der Waals surface area contributed by atoms with Crippen LogP contribution in [0.4, 0.5) is 4.39 Å². The Bertz CT molecular complexity index is 751. The van der Waals surface area contributed by atoms with Crippen molar-refractivity contribution in [3.05, 3.63) is 65.3 Å². The van der Waals surface area contributed by atoms with Gasteiger partial charge in [-0.3, -0.25) is 4.68 Å². The van der Waals surface area contributed by atoms with E-state index in [9.17, 15) is 4.39 Å². The van der Waals surface area contributed by atoms with Crippen LogP contribution in [-0.4, -0.2) is 19.9 Å². The van der Waals surface area contributed by atoms with Crippen molar-refractivity contribution in [2.24, 2.45) is 12.8 Å². The third-order valence-corrected chi connectivity index (χ3v) is 3.14. The lowest BCUT2D eigenvalue weighted by Crippen LogP contribution is -2.11. The normalized spacial score (nSPS) is 12.5. The van der Waals surface area contributed by atoms with Crippen LogP contribution in [0.5, 0.6) is 0 Å². The summed E-state index contributed by atoms with van der Waals surface area (Å²) in [4.78, 5) is 4.23. The van der Waals surface area contributed by atoms with Crippen molar-refractivity contribution in [3.8, 4) is 0 Å². The maximum absolute atomic E-state index is 13.6. The van der Waals surface area contributed by atoms with Gasteiger partial charge in [-0.05, 0) is 11.6 Å². The first kappa shape index (κ1) is 13.4. The summed E-state index contributed by atoms with van der Waals surface area (Å²) >= 11 is 0. The van der Waals surface area contributed by atoms with Crippen molar-refractivity contribution in [1.29, 1.82) is 0 Å². The Kier molecular flexibility index (Phi) is 3.49. The second-order valence-corrected chi connectivity index (χ2v) is 4.74. The monoisotopic (exact) mass is 287 g/mol. The number of aryl methyl sites for hydroxylation is 1. The van der Waals surface area contributed by atoms with E-state index in [1.165, 1.54) is 6.07 Å². The summed E-state index contributed by atoms with van der Waals surface area (Å²) in [6.45, 7) is 0. The van der Waals surface area contributed by atoms with Gasteiger partial charge in [-0.15, -0.1) is 0 Å². The van der Waals surface area contributed by atoms with E-state index in [1.54, 1.807) is 42.3 Å². The molecule has 0 spiro atoms. The summed E-state index contributed by atoms with van der Waals surface area (Å²) in [7, 11) is 1.80. The highest BCUT2D eigenvalue weighted by Gasteiger charge is 2.18. The molecule has 0 aliphatic rings. The lowest BCUT2D eigenvalue weighted by molar-refractivity contribution is 0.363. The summed E-state index contributed by atoms with van der Waals surface area (Å²) in [6, 6.07) is 5.95. The molecule has 0 aliphatic heterocycles. The highest BCUT2D eigenvalue weighted by Crippen LogP contribution is 2.18. The zero-order chi connectivity index (χ0) is 14.8. The SMILES string of the molecule is Cn1cc(C(N)c2nc(Cc3ccccc3F)no2)cn1. The molecule has 0 saturated carbocycles. The van der Waals surface area contributed by atoms with Gasteiger partial charge in [-0.1, -0.05) is 23.4 Å². The molecule has 1 unspecified atom stereocenters. The highest BCUT2D eigenvalue weighted by atomic mass is 19.1. The van der Waals surface area contributed by atoms with Gasteiger partial charge in [-0.25, -0.2) is 4.39 Å². The Morgan fingerprint density at radius 1 is 1.38 bits per heavy atom. The van der Waals surface area contributed by atoms with Crippen molar-refractivity contribution >= 4 is 0 Å². The fourth-order valence-electron chi connectivity index (χ4n) is 2.02. The van der Waals surface area contributed by atoms with E-state index in [2.05, 4.69) is 15.2 Å². The predicted molar refractivity (Wildman–Crippen MR) is 72.7 cm³/mol. The van der Waals surface area contributed by atoms with Crippen molar-refractivity contribution in [2.45, 2.75) is 12.5 Å². The van der Waals surface area contributed by atoms with Crippen LogP contribution < -0.4 is 5.73 Å². The van der Waals surface area contributed by atoms with Crippen LogP contribution in [-0.2, 0) is 13.5 Å². The first-order valence-corrected chi connectivity index (χ1v) is 6.43. The molecule has 0 radical (unpaired) electrons. The molecule has 0 saturated heterocycles. The van der Waals surface area contributed by atoms with E-state index in [4.69, 9.17) is 10.3 Å². The number of benzene rings is 1. The van der Waals surface area contributed by atoms with Gasteiger partial charge in [-0.2, -0.15) is 10.1 Å². The van der Waals surface area contributed by atoms with Crippen molar-refractivity contribution in [3.63, 3.8) is 0 Å². The van der Waals surface area contributed by atoms with Crippen molar-refractivity contribution in [2.75, 3.05) is 0 Å². The second-order valence-electron chi connectivity index (χ2n) is 4.74. The maximum atomic E-state index is 13.6. The summed E-state index contributed by atoms with van der Waals surface area (Å²) in [6.07, 6.45) is 3.69. The van der Waals surface area contributed by atoms with Crippen LogP contribution in [0.15, 0.2) is 41.2 Å². The van der Waals surface area contributed by atoms with E-state index in [-0.39, 0.29) is 18.1 Å². The Morgan fingerprint density at radius 2 is 2.19 bits per heavy atom. The molecule has 2 heterocycles. The number of nitrogens with zero attached hydrogens (tertiary/aromatic N) is 4. The second kappa shape index (κ2) is 5.45. The molecule has 3 aromatic rings. The smallest absolute Gasteiger partial charge is 0.248 e. The molecule has 0 aliphatic carbocycles. The molecule has 3 rings (SSSR count). The molecule has 0 amide bonds. The Balaban J connectivity index is 1.79. The number of hydrogen-bond acceptors (Lipinski definition) is 5. The standard InChI is InChI=1S/C14H14FN5O/c1-20-8-10(7-17-20)13(16)14-18-12(19-21-14)6-9-4-2-3-5-11(9)15/h2-5,7-8,13H,6,16H2,1H3. The van der Waals surface area contributed by atoms with Gasteiger partial charge < -0.3 is 10.3 Å². The van der Waals surface area contributed by atoms with Gasteiger partial charge in [0.2, 0.25) is 5.89 Å². The zero-order valence-corrected chi connectivity index (χ0v) is 11.4. The average Bonchev–Trinajstić information content (AvgIpc) is 3.10. The Morgan fingerprint density at radius 3 is 2.90 bits per heavy atom. The van der Waals surface area contributed by atoms with Crippen LogP contribution >= 0.6 is 0 Å². The third kappa shape index (κ3) is 2.82. The average molecular weight is 287 g/mol. The van der Waals surface area contributed by atoms with Gasteiger partial charge in [0.1, 0.15) is 11.9 Å². The summed E-state index contributed by atoms with van der Waals surface area (Å²) in [5, 5.41) is 7.89. The van der Waals surface area contributed by atoms with Crippen molar-refractivity contribution < 1.29 is 8.91 Å². The van der Waals surface area contributed by atoms with Crippen LogP contribution in [0.3, 0.4) is 0 Å². The number of rotatable bonds is 4. The van der Waals surface area contributed by atoms with Crippen LogP contribution in [0.1, 0.15) is 28.9 Å². The van der Waals surface area contributed by atoms with Gasteiger partial charge in [0, 0.05) is 25.2 Å². The predicted octanol–water partition coefficient (Wildman–Crippen LogP) is 1.58. The molecule has 21 heavy (non-hydrogen) atoms. The molecule has 0 fully saturated rings. The molecule has 0 bridgehead atoms. The Labute approximate surface area is 120 Å². The first-order chi connectivity index (χ1) is 10.1. The number of aromatic nitrogens is 4. The minimum absolute atomic E-state index is 0.260.